The lowest BCUT2D eigenvalue weighted by Crippen LogP contribution is -2.30. The third kappa shape index (κ3) is 4.39. The van der Waals surface area contributed by atoms with Crippen LogP contribution in [0, 0.1) is 0 Å². The Kier molecular flexibility index (Phi) is 4.77. The molecule has 1 aromatic heterocycles. The SMILES string of the molecule is CSc1nccc(C2=CCN=C(C(=O)OC(C)(C)C)C2)n1. The summed E-state index contributed by atoms with van der Waals surface area (Å²) in [6.07, 6.45) is 6.09. The lowest BCUT2D eigenvalue weighted by Gasteiger charge is -2.21. The molecule has 0 aromatic carbocycles. The van der Waals surface area contributed by atoms with Gasteiger partial charge >= 0.3 is 5.97 Å². The third-order valence-electron chi connectivity index (χ3n) is 2.76. The minimum atomic E-state index is -0.512. The zero-order chi connectivity index (χ0) is 15.5. The summed E-state index contributed by atoms with van der Waals surface area (Å²) in [7, 11) is 0. The number of hydrogen-bond donors (Lipinski definition) is 0. The summed E-state index contributed by atoms with van der Waals surface area (Å²) in [6.45, 7) is 6.02. The molecule has 0 unspecified atom stereocenters. The van der Waals surface area contributed by atoms with Crippen molar-refractivity contribution < 1.29 is 9.53 Å². The molecule has 2 heterocycles. The second-order valence-electron chi connectivity index (χ2n) is 5.62. The lowest BCUT2D eigenvalue weighted by atomic mass is 10.0. The molecule has 1 aliphatic rings. The van der Waals surface area contributed by atoms with Crippen LogP contribution in [0.1, 0.15) is 32.9 Å². The van der Waals surface area contributed by atoms with E-state index >= 15 is 0 Å². The van der Waals surface area contributed by atoms with E-state index in [2.05, 4.69) is 15.0 Å². The quantitative estimate of drug-likeness (QED) is 0.488. The minimum absolute atomic E-state index is 0.354. The number of ether oxygens (including phenoxy) is 1. The molecule has 0 amide bonds. The Hall–Kier alpha value is -1.69. The topological polar surface area (TPSA) is 64.4 Å². The molecule has 0 atom stereocenters. The average Bonchev–Trinajstić information content (AvgIpc) is 2.46. The Labute approximate surface area is 128 Å². The molecule has 0 saturated heterocycles. The maximum Gasteiger partial charge on any atom is 0.353 e. The minimum Gasteiger partial charge on any atom is -0.455 e. The van der Waals surface area contributed by atoms with Gasteiger partial charge in [-0.2, -0.15) is 0 Å². The van der Waals surface area contributed by atoms with Crippen LogP contribution in [0.2, 0.25) is 0 Å². The smallest absolute Gasteiger partial charge is 0.353 e. The van der Waals surface area contributed by atoms with Gasteiger partial charge in [0.15, 0.2) is 5.16 Å². The molecule has 0 spiro atoms. The van der Waals surface area contributed by atoms with Gasteiger partial charge in [-0.05, 0) is 38.7 Å². The molecule has 112 valence electrons. The van der Waals surface area contributed by atoms with Crippen molar-refractivity contribution in [2.24, 2.45) is 4.99 Å². The molecule has 0 fully saturated rings. The van der Waals surface area contributed by atoms with Crippen LogP contribution in [-0.2, 0) is 9.53 Å². The van der Waals surface area contributed by atoms with Gasteiger partial charge < -0.3 is 4.74 Å². The van der Waals surface area contributed by atoms with E-state index in [9.17, 15) is 4.79 Å². The van der Waals surface area contributed by atoms with E-state index in [0.717, 1.165) is 16.4 Å². The van der Waals surface area contributed by atoms with Crippen LogP contribution in [0.3, 0.4) is 0 Å². The fraction of sp³-hybridized carbons (Fsp3) is 0.467. The van der Waals surface area contributed by atoms with E-state index in [0.29, 0.717) is 18.7 Å². The molecular weight excluding hydrogens is 286 g/mol. The van der Waals surface area contributed by atoms with Crippen molar-refractivity contribution in [3.8, 4) is 0 Å². The highest BCUT2D eigenvalue weighted by Gasteiger charge is 2.24. The van der Waals surface area contributed by atoms with Gasteiger partial charge in [-0.3, -0.25) is 4.99 Å². The number of thioether (sulfide) groups is 1. The van der Waals surface area contributed by atoms with Crippen molar-refractivity contribution >= 4 is 29.0 Å². The summed E-state index contributed by atoms with van der Waals surface area (Å²) < 4.78 is 5.37. The number of aliphatic imine (C=N–C) groups is 1. The molecule has 2 rings (SSSR count). The van der Waals surface area contributed by atoms with E-state index in [-0.39, 0.29) is 5.97 Å². The number of hydrogen-bond acceptors (Lipinski definition) is 6. The van der Waals surface area contributed by atoms with Gasteiger partial charge in [0.05, 0.1) is 12.2 Å². The average molecular weight is 305 g/mol. The van der Waals surface area contributed by atoms with Crippen molar-refractivity contribution in [1.29, 1.82) is 0 Å². The Morgan fingerprint density at radius 2 is 2.14 bits per heavy atom. The number of nitrogens with zero attached hydrogens (tertiary/aromatic N) is 3. The van der Waals surface area contributed by atoms with Gasteiger partial charge in [-0.15, -0.1) is 0 Å². The van der Waals surface area contributed by atoms with Crippen molar-refractivity contribution in [2.45, 2.75) is 37.9 Å². The maximum absolute atomic E-state index is 12.1. The van der Waals surface area contributed by atoms with E-state index in [1.807, 2.05) is 39.2 Å². The lowest BCUT2D eigenvalue weighted by molar-refractivity contribution is -0.146. The standard InChI is InChI=1S/C15H19N3O2S/c1-15(2,3)20-13(19)12-9-10(5-7-16-12)11-6-8-17-14(18-11)21-4/h5-6,8H,7,9H2,1-4H3. The van der Waals surface area contributed by atoms with Gasteiger partial charge in [-0.1, -0.05) is 17.8 Å². The highest BCUT2D eigenvalue weighted by atomic mass is 32.2. The first kappa shape index (κ1) is 15.7. The van der Waals surface area contributed by atoms with Crippen LogP contribution in [0.5, 0.6) is 0 Å². The predicted octanol–water partition coefficient (Wildman–Crippen LogP) is 2.77. The number of aromatic nitrogens is 2. The van der Waals surface area contributed by atoms with Crippen molar-refractivity contribution in [3.05, 3.63) is 24.0 Å². The summed E-state index contributed by atoms with van der Waals surface area (Å²) in [5.74, 6) is -0.354. The molecule has 21 heavy (non-hydrogen) atoms. The second-order valence-corrected chi connectivity index (χ2v) is 6.40. The van der Waals surface area contributed by atoms with E-state index in [4.69, 9.17) is 4.74 Å². The normalized spacial score (nSPS) is 15.2. The fourth-order valence-electron chi connectivity index (χ4n) is 1.86. The van der Waals surface area contributed by atoms with Crippen LogP contribution in [-0.4, -0.2) is 40.1 Å². The first-order chi connectivity index (χ1) is 9.89. The number of carbonyl (C=O) groups is 1. The summed E-state index contributed by atoms with van der Waals surface area (Å²) in [6, 6.07) is 1.85. The van der Waals surface area contributed by atoms with Crippen LogP contribution >= 0.6 is 11.8 Å². The Morgan fingerprint density at radius 1 is 1.38 bits per heavy atom. The molecule has 1 aliphatic heterocycles. The zero-order valence-electron chi connectivity index (χ0n) is 12.7. The Morgan fingerprint density at radius 3 is 2.81 bits per heavy atom. The highest BCUT2D eigenvalue weighted by Crippen LogP contribution is 2.22. The zero-order valence-corrected chi connectivity index (χ0v) is 13.5. The fourth-order valence-corrected chi connectivity index (χ4v) is 2.22. The molecule has 0 saturated carbocycles. The molecule has 0 bridgehead atoms. The van der Waals surface area contributed by atoms with Gasteiger partial charge in [-0.25, -0.2) is 14.8 Å². The number of rotatable bonds is 3. The summed E-state index contributed by atoms with van der Waals surface area (Å²) >= 11 is 1.49. The molecule has 5 nitrogen and oxygen atoms in total. The molecular formula is C15H19N3O2S. The molecule has 0 N–H and O–H groups in total. The molecule has 1 aromatic rings. The summed E-state index contributed by atoms with van der Waals surface area (Å²) in [5.41, 5.74) is 1.77. The van der Waals surface area contributed by atoms with Crippen LogP contribution in [0.4, 0.5) is 0 Å². The van der Waals surface area contributed by atoms with Crippen LogP contribution in [0.25, 0.3) is 5.57 Å². The third-order valence-corrected chi connectivity index (χ3v) is 3.32. The van der Waals surface area contributed by atoms with Gasteiger partial charge in [0.25, 0.3) is 0 Å². The van der Waals surface area contributed by atoms with Crippen molar-refractivity contribution in [1.82, 2.24) is 9.97 Å². The van der Waals surface area contributed by atoms with Crippen molar-refractivity contribution in [3.63, 3.8) is 0 Å². The predicted molar refractivity (Wildman–Crippen MR) is 84.6 cm³/mol. The van der Waals surface area contributed by atoms with Gasteiger partial charge in [0.1, 0.15) is 11.3 Å². The summed E-state index contributed by atoms with van der Waals surface area (Å²) in [5, 5.41) is 0.717. The number of allylic oxidation sites excluding steroid dienone is 1. The largest absolute Gasteiger partial charge is 0.455 e. The van der Waals surface area contributed by atoms with Gasteiger partial charge in [0, 0.05) is 12.6 Å². The number of esters is 1. The van der Waals surface area contributed by atoms with Crippen molar-refractivity contribution in [2.75, 3.05) is 12.8 Å². The van der Waals surface area contributed by atoms with Crippen LogP contribution in [0.15, 0.2) is 28.5 Å². The van der Waals surface area contributed by atoms with E-state index in [1.165, 1.54) is 11.8 Å². The van der Waals surface area contributed by atoms with E-state index < -0.39 is 5.60 Å². The Balaban J connectivity index is 2.12. The number of carbonyl (C=O) groups excluding carboxylic acids is 1. The molecule has 0 aliphatic carbocycles. The first-order valence-electron chi connectivity index (χ1n) is 6.72. The van der Waals surface area contributed by atoms with Gasteiger partial charge in [0.2, 0.25) is 0 Å². The monoisotopic (exact) mass is 305 g/mol. The number of dihydropyridines is 1. The highest BCUT2D eigenvalue weighted by molar-refractivity contribution is 7.98. The molecule has 6 heteroatoms. The van der Waals surface area contributed by atoms with Crippen LogP contribution < -0.4 is 0 Å². The molecule has 0 radical (unpaired) electrons. The first-order valence-corrected chi connectivity index (χ1v) is 7.94. The summed E-state index contributed by atoms with van der Waals surface area (Å²) in [4.78, 5) is 25.0. The van der Waals surface area contributed by atoms with E-state index in [1.54, 1.807) is 6.20 Å². The Bertz CT molecular complexity index is 603. The second kappa shape index (κ2) is 6.39. The maximum atomic E-state index is 12.1.